The molecule has 1 aromatic rings. The number of amidine groups is 1. The molecule has 5 nitrogen and oxygen atoms in total. The topological polar surface area (TPSA) is 74.7 Å². The van der Waals surface area contributed by atoms with E-state index in [0.29, 0.717) is 5.69 Å². The van der Waals surface area contributed by atoms with E-state index in [9.17, 15) is 0 Å². The Balaban J connectivity index is 1.67. The van der Waals surface area contributed by atoms with Crippen LogP contribution in [-0.2, 0) is 6.54 Å². The monoisotopic (exact) mass is 260 g/mol. The van der Waals surface area contributed by atoms with Crippen molar-refractivity contribution in [3.63, 3.8) is 0 Å². The number of rotatable bonds is 3. The SMILES string of the molecule is N/C(=N/O)c1cc(CN2CC3CCCC3C2)ccn1. The van der Waals surface area contributed by atoms with Crippen LogP contribution in [0.5, 0.6) is 0 Å². The highest BCUT2D eigenvalue weighted by molar-refractivity contribution is 5.95. The lowest BCUT2D eigenvalue weighted by Crippen LogP contribution is -2.22. The van der Waals surface area contributed by atoms with E-state index in [-0.39, 0.29) is 5.84 Å². The summed E-state index contributed by atoms with van der Waals surface area (Å²) >= 11 is 0. The van der Waals surface area contributed by atoms with Gasteiger partial charge in [0.1, 0.15) is 5.69 Å². The lowest BCUT2D eigenvalue weighted by atomic mass is 10.0. The first-order valence-electron chi connectivity index (χ1n) is 6.91. The third-order valence-corrected chi connectivity index (χ3v) is 4.40. The lowest BCUT2D eigenvalue weighted by molar-refractivity contribution is 0.303. The number of fused-ring (bicyclic) bond motifs is 1. The molecule has 3 rings (SSSR count). The van der Waals surface area contributed by atoms with Crippen LogP contribution in [0.3, 0.4) is 0 Å². The summed E-state index contributed by atoms with van der Waals surface area (Å²) < 4.78 is 0. The van der Waals surface area contributed by atoms with E-state index in [4.69, 9.17) is 10.9 Å². The average Bonchev–Trinajstić information content (AvgIpc) is 2.99. The summed E-state index contributed by atoms with van der Waals surface area (Å²) in [5, 5.41) is 11.7. The highest BCUT2D eigenvalue weighted by atomic mass is 16.4. The Morgan fingerprint density at radius 2 is 2.16 bits per heavy atom. The highest BCUT2D eigenvalue weighted by Gasteiger charge is 2.35. The van der Waals surface area contributed by atoms with Gasteiger partial charge in [0.25, 0.3) is 0 Å². The van der Waals surface area contributed by atoms with Crippen LogP contribution in [0.1, 0.15) is 30.5 Å². The van der Waals surface area contributed by atoms with Crippen molar-refractivity contribution in [2.24, 2.45) is 22.7 Å². The van der Waals surface area contributed by atoms with Gasteiger partial charge in [-0.1, -0.05) is 11.6 Å². The molecule has 2 heterocycles. The zero-order valence-electron chi connectivity index (χ0n) is 11.0. The molecule has 0 spiro atoms. The van der Waals surface area contributed by atoms with Gasteiger partial charge in [-0.3, -0.25) is 9.88 Å². The van der Waals surface area contributed by atoms with E-state index in [1.54, 1.807) is 6.20 Å². The van der Waals surface area contributed by atoms with Crippen molar-refractivity contribution >= 4 is 5.84 Å². The molecule has 102 valence electrons. The first-order chi connectivity index (χ1) is 9.26. The Kier molecular flexibility index (Phi) is 3.38. The van der Waals surface area contributed by atoms with Crippen molar-refractivity contribution in [1.29, 1.82) is 0 Å². The van der Waals surface area contributed by atoms with Crippen molar-refractivity contribution in [2.45, 2.75) is 25.8 Å². The Morgan fingerprint density at radius 1 is 1.42 bits per heavy atom. The van der Waals surface area contributed by atoms with E-state index in [2.05, 4.69) is 15.0 Å². The van der Waals surface area contributed by atoms with Crippen LogP contribution in [0.4, 0.5) is 0 Å². The molecule has 0 aromatic carbocycles. The van der Waals surface area contributed by atoms with Gasteiger partial charge in [0.15, 0.2) is 5.84 Å². The summed E-state index contributed by atoms with van der Waals surface area (Å²) in [4.78, 5) is 6.62. The molecule has 1 saturated heterocycles. The van der Waals surface area contributed by atoms with Crippen molar-refractivity contribution < 1.29 is 5.21 Å². The smallest absolute Gasteiger partial charge is 0.188 e. The van der Waals surface area contributed by atoms with Gasteiger partial charge in [-0.05, 0) is 42.4 Å². The molecular formula is C14H20N4O. The van der Waals surface area contributed by atoms with E-state index < -0.39 is 0 Å². The second kappa shape index (κ2) is 5.17. The predicted octanol–water partition coefficient (Wildman–Crippen LogP) is 1.41. The molecule has 0 bridgehead atoms. The standard InChI is InChI=1S/C14H20N4O/c15-14(17-19)13-6-10(4-5-16-13)7-18-8-11-2-1-3-12(11)9-18/h4-6,11-12,19H,1-3,7-9H2,(H2,15,17). The molecule has 19 heavy (non-hydrogen) atoms. The Morgan fingerprint density at radius 3 is 2.84 bits per heavy atom. The van der Waals surface area contributed by atoms with E-state index in [1.165, 1.54) is 37.9 Å². The van der Waals surface area contributed by atoms with Crippen LogP contribution >= 0.6 is 0 Å². The minimum absolute atomic E-state index is 0.0696. The maximum atomic E-state index is 8.68. The molecule has 1 aromatic heterocycles. The third kappa shape index (κ3) is 2.56. The number of aromatic nitrogens is 1. The lowest BCUT2D eigenvalue weighted by Gasteiger charge is -2.16. The van der Waals surface area contributed by atoms with Crippen LogP contribution in [-0.4, -0.2) is 34.0 Å². The second-order valence-corrected chi connectivity index (χ2v) is 5.68. The molecular weight excluding hydrogens is 240 g/mol. The van der Waals surface area contributed by atoms with Crippen molar-refractivity contribution in [1.82, 2.24) is 9.88 Å². The summed E-state index contributed by atoms with van der Waals surface area (Å²) in [5.41, 5.74) is 7.29. The summed E-state index contributed by atoms with van der Waals surface area (Å²) in [6.07, 6.45) is 5.92. The van der Waals surface area contributed by atoms with Gasteiger partial charge in [0.05, 0.1) is 0 Å². The molecule has 0 amide bonds. The van der Waals surface area contributed by atoms with Crippen LogP contribution in [0.2, 0.25) is 0 Å². The summed E-state index contributed by atoms with van der Waals surface area (Å²) in [7, 11) is 0. The highest BCUT2D eigenvalue weighted by Crippen LogP contribution is 2.38. The van der Waals surface area contributed by atoms with Gasteiger partial charge in [-0.25, -0.2) is 0 Å². The van der Waals surface area contributed by atoms with Gasteiger partial charge in [-0.15, -0.1) is 0 Å². The molecule has 1 saturated carbocycles. The summed E-state index contributed by atoms with van der Waals surface area (Å²) in [5.74, 6) is 1.89. The minimum Gasteiger partial charge on any atom is -0.409 e. The third-order valence-electron chi connectivity index (χ3n) is 4.40. The van der Waals surface area contributed by atoms with Crippen molar-refractivity contribution in [3.8, 4) is 0 Å². The quantitative estimate of drug-likeness (QED) is 0.373. The normalized spacial score (nSPS) is 27.7. The maximum Gasteiger partial charge on any atom is 0.188 e. The molecule has 1 aliphatic heterocycles. The number of likely N-dealkylation sites (tertiary alicyclic amines) is 1. The van der Waals surface area contributed by atoms with Crippen LogP contribution in [0, 0.1) is 11.8 Å². The van der Waals surface area contributed by atoms with Gasteiger partial charge in [0.2, 0.25) is 0 Å². The van der Waals surface area contributed by atoms with Gasteiger partial charge < -0.3 is 10.9 Å². The first-order valence-corrected chi connectivity index (χ1v) is 6.91. The fourth-order valence-electron chi connectivity index (χ4n) is 3.48. The van der Waals surface area contributed by atoms with Crippen molar-refractivity contribution in [3.05, 3.63) is 29.6 Å². The van der Waals surface area contributed by atoms with E-state index >= 15 is 0 Å². The van der Waals surface area contributed by atoms with E-state index in [1.807, 2.05) is 12.1 Å². The Hall–Kier alpha value is -1.62. The van der Waals surface area contributed by atoms with Crippen molar-refractivity contribution in [2.75, 3.05) is 13.1 Å². The number of hydrogen-bond donors (Lipinski definition) is 2. The Bertz CT molecular complexity index is 476. The number of hydrogen-bond acceptors (Lipinski definition) is 4. The molecule has 5 heteroatoms. The molecule has 2 atom stereocenters. The molecule has 1 aliphatic carbocycles. The fourth-order valence-corrected chi connectivity index (χ4v) is 3.48. The van der Waals surface area contributed by atoms with E-state index in [0.717, 1.165) is 18.4 Å². The summed E-state index contributed by atoms with van der Waals surface area (Å²) in [6.45, 7) is 3.36. The van der Waals surface area contributed by atoms with Crippen LogP contribution in [0.15, 0.2) is 23.5 Å². The first kappa shape index (κ1) is 12.4. The predicted molar refractivity (Wildman–Crippen MR) is 72.9 cm³/mol. The molecule has 2 fully saturated rings. The summed E-state index contributed by atoms with van der Waals surface area (Å²) in [6, 6.07) is 3.91. The second-order valence-electron chi connectivity index (χ2n) is 5.68. The zero-order valence-corrected chi connectivity index (χ0v) is 11.0. The van der Waals surface area contributed by atoms with Crippen LogP contribution < -0.4 is 5.73 Å². The zero-order chi connectivity index (χ0) is 13.2. The molecule has 2 unspecified atom stereocenters. The Labute approximate surface area is 113 Å². The number of oxime groups is 1. The van der Waals surface area contributed by atoms with Gasteiger partial charge in [-0.2, -0.15) is 0 Å². The number of pyridine rings is 1. The molecule has 3 N–H and O–H groups in total. The molecule has 2 aliphatic rings. The fraction of sp³-hybridized carbons (Fsp3) is 0.571. The van der Waals surface area contributed by atoms with Gasteiger partial charge in [0, 0.05) is 25.8 Å². The molecule has 0 radical (unpaired) electrons. The van der Waals surface area contributed by atoms with Gasteiger partial charge >= 0.3 is 0 Å². The maximum absolute atomic E-state index is 8.68. The number of nitrogens with two attached hydrogens (primary N) is 1. The largest absolute Gasteiger partial charge is 0.409 e. The minimum atomic E-state index is 0.0696. The van der Waals surface area contributed by atoms with Crippen LogP contribution in [0.25, 0.3) is 0 Å². The number of nitrogens with zero attached hydrogens (tertiary/aromatic N) is 3. The average molecular weight is 260 g/mol.